The first kappa shape index (κ1) is 17.4. The number of amides is 1. The number of nitrogens with one attached hydrogen (secondary N) is 1. The Bertz CT molecular complexity index is 289. The van der Waals surface area contributed by atoms with Gasteiger partial charge in [-0.3, -0.25) is 4.79 Å². The first-order chi connectivity index (χ1) is 9.54. The predicted octanol–water partition coefficient (Wildman–Crippen LogP) is 0.836. The van der Waals surface area contributed by atoms with E-state index in [0.717, 1.165) is 51.3 Å². The number of likely N-dealkylation sites (N-methyl/N-ethyl adjacent to an activating group) is 1. The maximum atomic E-state index is 12.4. The summed E-state index contributed by atoms with van der Waals surface area (Å²) >= 11 is 0. The molecule has 0 aromatic rings. The highest BCUT2D eigenvalue weighted by atomic mass is 16.5. The highest BCUT2D eigenvalue weighted by Crippen LogP contribution is 2.38. The van der Waals surface area contributed by atoms with Crippen LogP contribution >= 0.6 is 0 Å². The zero-order chi connectivity index (χ0) is 15.0. The van der Waals surface area contributed by atoms with Gasteiger partial charge in [0.1, 0.15) is 0 Å². The molecule has 3 N–H and O–H groups in total. The van der Waals surface area contributed by atoms with Crippen molar-refractivity contribution >= 4 is 5.91 Å². The van der Waals surface area contributed by atoms with E-state index in [9.17, 15) is 4.79 Å². The molecule has 1 fully saturated rings. The predicted molar refractivity (Wildman–Crippen MR) is 81.5 cm³/mol. The van der Waals surface area contributed by atoms with E-state index in [0.29, 0.717) is 13.1 Å². The Morgan fingerprint density at radius 3 is 2.60 bits per heavy atom. The van der Waals surface area contributed by atoms with Gasteiger partial charge in [-0.2, -0.15) is 0 Å². The average Bonchev–Trinajstić information content (AvgIpc) is 2.46. The van der Waals surface area contributed by atoms with E-state index in [1.54, 1.807) is 7.11 Å². The second-order valence-corrected chi connectivity index (χ2v) is 6.22. The lowest BCUT2D eigenvalue weighted by Gasteiger charge is -2.37. The summed E-state index contributed by atoms with van der Waals surface area (Å²) in [6, 6.07) is 0. The van der Waals surface area contributed by atoms with E-state index in [1.807, 2.05) is 7.05 Å². The van der Waals surface area contributed by atoms with Crippen molar-refractivity contribution in [1.29, 1.82) is 0 Å². The van der Waals surface area contributed by atoms with Crippen LogP contribution in [0.3, 0.4) is 0 Å². The smallest absolute Gasteiger partial charge is 0.227 e. The summed E-state index contributed by atoms with van der Waals surface area (Å²) in [6.45, 7) is 5.83. The van der Waals surface area contributed by atoms with Gasteiger partial charge in [0.05, 0.1) is 12.0 Å². The molecule has 1 aliphatic rings. The van der Waals surface area contributed by atoms with Gasteiger partial charge in [0, 0.05) is 33.3 Å². The summed E-state index contributed by atoms with van der Waals surface area (Å²) < 4.78 is 5.03. The third-order valence-electron chi connectivity index (χ3n) is 4.56. The summed E-state index contributed by atoms with van der Waals surface area (Å²) in [5.41, 5.74) is 5.57. The largest absolute Gasteiger partial charge is 0.383 e. The second kappa shape index (κ2) is 8.60. The SMILES string of the molecule is COCCN(C)CCNC(=O)C1(CN)CCC(C)CC1. The Hall–Kier alpha value is -0.650. The van der Waals surface area contributed by atoms with Gasteiger partial charge in [0.25, 0.3) is 0 Å². The van der Waals surface area contributed by atoms with Crippen LogP contribution in [0.25, 0.3) is 0 Å². The molecule has 5 heteroatoms. The fraction of sp³-hybridized carbons (Fsp3) is 0.933. The molecule has 0 aromatic heterocycles. The van der Waals surface area contributed by atoms with Crippen molar-refractivity contribution in [3.8, 4) is 0 Å². The number of rotatable bonds is 8. The molecule has 1 aliphatic carbocycles. The second-order valence-electron chi connectivity index (χ2n) is 6.22. The van der Waals surface area contributed by atoms with E-state index >= 15 is 0 Å². The van der Waals surface area contributed by atoms with Crippen molar-refractivity contribution in [3.05, 3.63) is 0 Å². The third-order valence-corrected chi connectivity index (χ3v) is 4.56. The molecule has 118 valence electrons. The summed E-state index contributed by atoms with van der Waals surface area (Å²) in [5.74, 6) is 0.870. The molecule has 0 aliphatic heterocycles. The summed E-state index contributed by atoms with van der Waals surface area (Å²) in [6.07, 6.45) is 4.07. The maximum absolute atomic E-state index is 12.4. The summed E-state index contributed by atoms with van der Waals surface area (Å²) in [7, 11) is 3.73. The van der Waals surface area contributed by atoms with Crippen LogP contribution in [0.15, 0.2) is 0 Å². The average molecular weight is 285 g/mol. The lowest BCUT2D eigenvalue weighted by Crippen LogP contribution is -2.49. The van der Waals surface area contributed by atoms with Crippen LogP contribution in [0.2, 0.25) is 0 Å². The van der Waals surface area contributed by atoms with Gasteiger partial charge in [-0.15, -0.1) is 0 Å². The number of carbonyl (C=O) groups is 1. The molecule has 0 radical (unpaired) electrons. The molecule has 5 nitrogen and oxygen atoms in total. The van der Waals surface area contributed by atoms with Gasteiger partial charge in [-0.25, -0.2) is 0 Å². The third kappa shape index (κ3) is 5.04. The van der Waals surface area contributed by atoms with E-state index < -0.39 is 0 Å². The number of nitrogens with zero attached hydrogens (tertiary/aromatic N) is 1. The Morgan fingerprint density at radius 2 is 2.05 bits per heavy atom. The minimum Gasteiger partial charge on any atom is -0.383 e. The molecule has 0 spiro atoms. The molecular weight excluding hydrogens is 254 g/mol. The zero-order valence-electron chi connectivity index (χ0n) is 13.3. The summed E-state index contributed by atoms with van der Waals surface area (Å²) in [5, 5.41) is 3.06. The lowest BCUT2D eigenvalue weighted by atomic mass is 9.70. The van der Waals surface area contributed by atoms with Crippen molar-refractivity contribution in [2.45, 2.75) is 32.6 Å². The Balaban J connectivity index is 2.33. The zero-order valence-corrected chi connectivity index (χ0v) is 13.3. The molecule has 0 atom stereocenters. The molecule has 0 heterocycles. The normalized spacial score (nSPS) is 26.8. The van der Waals surface area contributed by atoms with E-state index in [-0.39, 0.29) is 11.3 Å². The fourth-order valence-electron chi connectivity index (χ4n) is 2.75. The Labute approximate surface area is 123 Å². The number of carbonyl (C=O) groups excluding carboxylic acids is 1. The number of nitrogens with two attached hydrogens (primary N) is 1. The maximum Gasteiger partial charge on any atom is 0.227 e. The monoisotopic (exact) mass is 285 g/mol. The van der Waals surface area contributed by atoms with Crippen molar-refractivity contribution in [3.63, 3.8) is 0 Å². The molecule has 20 heavy (non-hydrogen) atoms. The van der Waals surface area contributed by atoms with Gasteiger partial charge < -0.3 is 20.7 Å². The van der Waals surface area contributed by atoms with Crippen molar-refractivity contribution in [1.82, 2.24) is 10.2 Å². The number of hydrogen-bond acceptors (Lipinski definition) is 4. The first-order valence-electron chi connectivity index (χ1n) is 7.70. The van der Waals surface area contributed by atoms with Gasteiger partial charge >= 0.3 is 0 Å². The first-order valence-corrected chi connectivity index (χ1v) is 7.70. The van der Waals surface area contributed by atoms with Gasteiger partial charge in [-0.1, -0.05) is 6.92 Å². The van der Waals surface area contributed by atoms with Crippen molar-refractivity contribution < 1.29 is 9.53 Å². The minimum absolute atomic E-state index is 0.145. The van der Waals surface area contributed by atoms with Gasteiger partial charge in [-0.05, 0) is 38.6 Å². The molecule has 0 aromatic carbocycles. The van der Waals surface area contributed by atoms with Crippen LogP contribution in [0.1, 0.15) is 32.6 Å². The Kier molecular flexibility index (Phi) is 7.48. The number of ether oxygens (including phenoxy) is 1. The molecule has 1 rings (SSSR count). The van der Waals surface area contributed by atoms with Crippen LogP contribution in [-0.4, -0.2) is 57.8 Å². The fourth-order valence-corrected chi connectivity index (χ4v) is 2.75. The highest BCUT2D eigenvalue weighted by Gasteiger charge is 2.39. The molecule has 0 bridgehead atoms. The van der Waals surface area contributed by atoms with E-state index in [1.165, 1.54) is 0 Å². The molecular formula is C15H31N3O2. The minimum atomic E-state index is -0.322. The Morgan fingerprint density at radius 1 is 1.40 bits per heavy atom. The standard InChI is InChI=1S/C15H31N3O2/c1-13-4-6-15(12-16,7-5-13)14(19)17-8-9-18(2)10-11-20-3/h13H,4-12,16H2,1-3H3,(H,17,19). The molecule has 1 saturated carbocycles. The molecule has 0 unspecified atom stereocenters. The van der Waals surface area contributed by atoms with E-state index in [4.69, 9.17) is 10.5 Å². The van der Waals surface area contributed by atoms with Gasteiger partial charge in [0.15, 0.2) is 0 Å². The molecule has 1 amide bonds. The quantitative estimate of drug-likeness (QED) is 0.693. The van der Waals surface area contributed by atoms with Crippen LogP contribution in [-0.2, 0) is 9.53 Å². The van der Waals surface area contributed by atoms with Gasteiger partial charge in [0.2, 0.25) is 5.91 Å². The summed E-state index contributed by atoms with van der Waals surface area (Å²) in [4.78, 5) is 14.6. The van der Waals surface area contributed by atoms with Crippen LogP contribution in [0.4, 0.5) is 0 Å². The topological polar surface area (TPSA) is 67.6 Å². The molecule has 0 saturated heterocycles. The van der Waals surface area contributed by atoms with Crippen LogP contribution in [0.5, 0.6) is 0 Å². The lowest BCUT2D eigenvalue weighted by molar-refractivity contribution is -0.132. The van der Waals surface area contributed by atoms with E-state index in [2.05, 4.69) is 17.1 Å². The van der Waals surface area contributed by atoms with Crippen molar-refractivity contribution in [2.75, 3.05) is 46.9 Å². The van der Waals surface area contributed by atoms with Crippen molar-refractivity contribution in [2.24, 2.45) is 17.1 Å². The van der Waals surface area contributed by atoms with Crippen LogP contribution in [0, 0.1) is 11.3 Å². The number of hydrogen-bond donors (Lipinski definition) is 2. The van der Waals surface area contributed by atoms with Crippen LogP contribution < -0.4 is 11.1 Å². The highest BCUT2D eigenvalue weighted by molar-refractivity contribution is 5.83. The number of methoxy groups -OCH3 is 1.